The summed E-state index contributed by atoms with van der Waals surface area (Å²) < 4.78 is 0. The maximum atomic E-state index is 13.5. The minimum atomic E-state index is -2.02. The molecule has 0 radical (unpaired) electrons. The molecule has 0 saturated carbocycles. The largest absolute Gasteiger partial charge is 0.481 e. The molecule has 0 heterocycles. The molecule has 0 saturated heterocycles. The fraction of sp³-hybridized carbons (Fsp3) is 0.684. The number of carbonyl (C=O) groups is 11. The van der Waals surface area contributed by atoms with Crippen LogP contribution >= 0.6 is 0 Å². The molecule has 23 N–H and O–H groups in total. The number of carbonyl (C=O) groups excluding carboxylic acids is 8. The quantitative estimate of drug-likeness (QED) is 0.0159. The number of aliphatic carboxylic acids is 3. The van der Waals surface area contributed by atoms with Gasteiger partial charge < -0.3 is 101 Å². The summed E-state index contributed by atoms with van der Waals surface area (Å²) in [6.07, 6.45) is -3.55. The Balaban J connectivity index is 5.98. The third-order valence-corrected chi connectivity index (χ3v) is 9.69. The fourth-order valence-electron chi connectivity index (χ4n) is 5.75. The lowest BCUT2D eigenvalue weighted by atomic mass is 10.1. The maximum Gasteiger partial charge on any atom is 0.326 e. The lowest BCUT2D eigenvalue weighted by Crippen LogP contribution is -2.62. The van der Waals surface area contributed by atoms with E-state index in [9.17, 15) is 88.5 Å². The van der Waals surface area contributed by atoms with Crippen molar-refractivity contribution in [2.24, 2.45) is 27.9 Å². The van der Waals surface area contributed by atoms with Crippen LogP contribution < -0.4 is 65.5 Å². The van der Waals surface area contributed by atoms with Crippen molar-refractivity contribution in [1.82, 2.24) is 42.5 Å². The van der Waals surface area contributed by atoms with E-state index in [-0.39, 0.29) is 38.3 Å². The molecule has 31 nitrogen and oxygen atoms in total. The molecule has 392 valence electrons. The van der Waals surface area contributed by atoms with Gasteiger partial charge >= 0.3 is 17.9 Å². The van der Waals surface area contributed by atoms with Gasteiger partial charge in [0, 0.05) is 19.4 Å². The summed E-state index contributed by atoms with van der Waals surface area (Å²) in [4.78, 5) is 143. The summed E-state index contributed by atoms with van der Waals surface area (Å²) in [7, 11) is 0. The molecule has 0 aromatic carbocycles. The van der Waals surface area contributed by atoms with Crippen molar-refractivity contribution in [2.45, 2.75) is 132 Å². The van der Waals surface area contributed by atoms with Crippen LogP contribution in [0.5, 0.6) is 0 Å². The van der Waals surface area contributed by atoms with Gasteiger partial charge in [-0.15, -0.1) is 0 Å². The van der Waals surface area contributed by atoms with Gasteiger partial charge in [0.2, 0.25) is 47.3 Å². The Kier molecular flexibility index (Phi) is 29.6. The van der Waals surface area contributed by atoms with E-state index in [0.717, 1.165) is 13.8 Å². The van der Waals surface area contributed by atoms with E-state index < -0.39 is 171 Å². The van der Waals surface area contributed by atoms with Gasteiger partial charge in [-0.05, 0) is 65.3 Å². The number of carboxylic acid groups (broad SMARTS) is 3. The Morgan fingerprint density at radius 2 is 0.899 bits per heavy atom. The number of guanidine groups is 1. The average Bonchev–Trinajstić information content (AvgIpc) is 3.28. The van der Waals surface area contributed by atoms with E-state index in [1.54, 1.807) is 0 Å². The second-order valence-electron chi connectivity index (χ2n) is 15.4. The number of aliphatic imine (C=N–C) groups is 1. The number of nitrogens with two attached hydrogens (primary N) is 4. The Labute approximate surface area is 394 Å². The number of nitrogens with zero attached hydrogens (tertiary/aromatic N) is 1. The zero-order valence-electron chi connectivity index (χ0n) is 38.1. The van der Waals surface area contributed by atoms with Crippen molar-refractivity contribution in [1.29, 1.82) is 0 Å². The van der Waals surface area contributed by atoms with Gasteiger partial charge in [0.05, 0.1) is 32.0 Å². The molecule has 8 amide bonds. The Bertz CT molecular complexity index is 1800. The summed E-state index contributed by atoms with van der Waals surface area (Å²) in [6.45, 7) is -0.759. The Hall–Kier alpha value is -6.80. The zero-order valence-corrected chi connectivity index (χ0v) is 38.1. The third-order valence-electron chi connectivity index (χ3n) is 9.69. The maximum absolute atomic E-state index is 13.5. The summed E-state index contributed by atoms with van der Waals surface area (Å²) in [5.41, 5.74) is 21.7. The highest BCUT2D eigenvalue weighted by Crippen LogP contribution is 2.07. The van der Waals surface area contributed by atoms with E-state index in [1.807, 2.05) is 5.32 Å². The molecule has 31 heteroatoms. The fourth-order valence-corrected chi connectivity index (χ4v) is 5.75. The summed E-state index contributed by atoms with van der Waals surface area (Å²) in [5.74, 6) is -13.9. The van der Waals surface area contributed by atoms with E-state index in [1.165, 1.54) is 0 Å². The second-order valence-corrected chi connectivity index (χ2v) is 15.4. The van der Waals surface area contributed by atoms with Crippen molar-refractivity contribution < 1.29 is 88.5 Å². The number of amides is 8. The predicted octanol–water partition coefficient (Wildman–Crippen LogP) is -9.43. The molecule has 0 aliphatic rings. The van der Waals surface area contributed by atoms with Crippen LogP contribution in [0.2, 0.25) is 0 Å². The van der Waals surface area contributed by atoms with Gasteiger partial charge in [-0.1, -0.05) is 0 Å². The number of aliphatic hydroxyl groups excluding tert-OH is 4. The van der Waals surface area contributed by atoms with Gasteiger partial charge in [0.25, 0.3) is 0 Å². The van der Waals surface area contributed by atoms with E-state index in [2.05, 4.69) is 42.2 Å². The molecule has 0 rings (SSSR count). The lowest BCUT2D eigenvalue weighted by Gasteiger charge is -2.28. The van der Waals surface area contributed by atoms with Crippen LogP contribution in [0.25, 0.3) is 0 Å². The number of aliphatic hydroxyl groups is 4. The molecular formula is C38H67N13O18. The molecule has 0 aromatic rings. The minimum Gasteiger partial charge on any atom is -0.481 e. The van der Waals surface area contributed by atoms with E-state index in [4.69, 9.17) is 22.9 Å². The highest BCUT2D eigenvalue weighted by atomic mass is 16.4. The molecule has 0 unspecified atom stereocenters. The van der Waals surface area contributed by atoms with Crippen LogP contribution in [0.4, 0.5) is 0 Å². The van der Waals surface area contributed by atoms with Crippen molar-refractivity contribution in [3.05, 3.63) is 0 Å². The first-order valence-electron chi connectivity index (χ1n) is 21.4. The van der Waals surface area contributed by atoms with Crippen LogP contribution in [0.1, 0.15) is 71.6 Å². The van der Waals surface area contributed by atoms with Gasteiger partial charge in [0.1, 0.15) is 48.3 Å². The van der Waals surface area contributed by atoms with Crippen LogP contribution in [0.15, 0.2) is 4.99 Å². The molecule has 0 spiro atoms. The van der Waals surface area contributed by atoms with Crippen molar-refractivity contribution >= 4 is 71.1 Å². The first-order chi connectivity index (χ1) is 32.3. The van der Waals surface area contributed by atoms with Crippen LogP contribution in [0.3, 0.4) is 0 Å². The van der Waals surface area contributed by atoms with Gasteiger partial charge in [0.15, 0.2) is 5.96 Å². The van der Waals surface area contributed by atoms with Gasteiger partial charge in [-0.2, -0.15) is 0 Å². The number of nitrogens with one attached hydrogen (secondary N) is 8. The molecule has 0 fully saturated rings. The first-order valence-corrected chi connectivity index (χ1v) is 21.4. The van der Waals surface area contributed by atoms with Crippen molar-refractivity contribution in [3.63, 3.8) is 0 Å². The van der Waals surface area contributed by atoms with Gasteiger partial charge in [-0.3, -0.25) is 52.9 Å². The standard InChI is InChI=1S/C38H67N13O18/c1-17(44-33(64)23(14-52)49-30(61)19(40)6-5-13-43-38(41)42)29(60)48-24(15-53)34(65)46-21(9-11-27(58)59)32(63)51-28(18(2)55)36(67)50-25(16-54)35(66)45-20(8-10-26(56)57)31(62)47-22(37(68)69)7-3-4-12-39/h17-25,28,52-55H,3-16,39-40H2,1-2H3,(H,44,64)(H,45,66)(H,46,65)(H,47,62)(H,48,60)(H,49,61)(H,50,67)(H,51,63)(H,56,57)(H,58,59)(H,68,69)(H4,41,42,43)/t17-,18+,19-,20-,21-,22-,23-,24-,25-,28-/m0/s1. The summed E-state index contributed by atoms with van der Waals surface area (Å²) >= 11 is 0. The normalized spacial score (nSPS) is 15.2. The third kappa shape index (κ3) is 24.7. The summed E-state index contributed by atoms with van der Waals surface area (Å²) in [5, 5.41) is 85.1. The predicted molar refractivity (Wildman–Crippen MR) is 236 cm³/mol. The second kappa shape index (κ2) is 32.8. The Morgan fingerprint density at radius 3 is 1.32 bits per heavy atom. The average molecular weight is 994 g/mol. The van der Waals surface area contributed by atoms with Crippen molar-refractivity contribution in [3.8, 4) is 0 Å². The molecule has 0 bridgehead atoms. The Morgan fingerprint density at radius 1 is 0.493 bits per heavy atom. The summed E-state index contributed by atoms with van der Waals surface area (Å²) in [6, 6.07) is -15.1. The molecule has 0 aromatic heterocycles. The van der Waals surface area contributed by atoms with E-state index in [0.29, 0.717) is 12.8 Å². The first kappa shape index (κ1) is 62.2. The number of rotatable bonds is 35. The molecule has 0 aliphatic heterocycles. The zero-order chi connectivity index (χ0) is 53.0. The van der Waals surface area contributed by atoms with Crippen molar-refractivity contribution in [2.75, 3.05) is 32.9 Å². The van der Waals surface area contributed by atoms with Gasteiger partial charge in [-0.25, -0.2) is 4.79 Å². The molecule has 0 aliphatic carbocycles. The molecule has 10 atom stereocenters. The smallest absolute Gasteiger partial charge is 0.326 e. The highest BCUT2D eigenvalue weighted by molar-refractivity contribution is 5.98. The number of carboxylic acids is 3. The minimum absolute atomic E-state index is 0.0694. The highest BCUT2D eigenvalue weighted by Gasteiger charge is 2.36. The van der Waals surface area contributed by atoms with E-state index >= 15 is 0 Å². The molecular weight excluding hydrogens is 926 g/mol. The lowest BCUT2D eigenvalue weighted by molar-refractivity contribution is -0.143. The molecule has 69 heavy (non-hydrogen) atoms. The van der Waals surface area contributed by atoms with Crippen LogP contribution in [-0.4, -0.2) is 200 Å². The topological polar surface area (TPSA) is 542 Å². The number of hydrogen-bond acceptors (Lipinski definition) is 18. The number of unbranched alkanes of at least 4 members (excludes halogenated alkanes) is 1. The monoisotopic (exact) mass is 993 g/mol. The SMILES string of the molecule is C[C@H](NC(=O)[C@H](CO)NC(=O)[C@@H](N)CCCN=C(N)N)C(=O)N[C@@H](CO)C(=O)N[C@@H](CCC(=O)O)C(=O)N[C@H](C(=O)N[C@@H](CO)C(=O)N[C@@H](CCC(=O)O)C(=O)N[C@@H](CCCCN)C(=O)O)[C@@H](C)O. The van der Waals surface area contributed by atoms with Crippen LogP contribution in [-0.2, 0) is 52.7 Å². The van der Waals surface area contributed by atoms with Crippen LogP contribution in [0, 0.1) is 0 Å². The number of hydrogen-bond donors (Lipinski definition) is 19.